The molecule has 3 aromatic rings. The van der Waals surface area contributed by atoms with Crippen molar-refractivity contribution in [2.45, 2.75) is 42.0 Å². The van der Waals surface area contributed by atoms with Crippen molar-refractivity contribution in [2.24, 2.45) is 0 Å². The number of thiophene rings is 1. The Labute approximate surface area is 235 Å². The molecule has 1 amide bonds. The topological polar surface area (TPSA) is 97.1 Å². The van der Waals surface area contributed by atoms with Gasteiger partial charge in [0.1, 0.15) is 23.5 Å². The van der Waals surface area contributed by atoms with Gasteiger partial charge in [-0.15, -0.1) is 23.1 Å². The van der Waals surface area contributed by atoms with E-state index in [-0.39, 0.29) is 38.5 Å². The number of halogens is 1. The number of carbonyl (C=O) groups is 1. The minimum Gasteiger partial charge on any atom is -0.482 e. The van der Waals surface area contributed by atoms with Gasteiger partial charge >= 0.3 is 0 Å². The van der Waals surface area contributed by atoms with Crippen LogP contribution < -0.4 is 10.2 Å². The van der Waals surface area contributed by atoms with Gasteiger partial charge in [0.15, 0.2) is 9.84 Å². The summed E-state index contributed by atoms with van der Waals surface area (Å²) >= 11 is 9.03. The molecule has 0 spiro atoms. The second-order valence-electron chi connectivity index (χ2n) is 9.12. The van der Waals surface area contributed by atoms with Crippen LogP contribution in [0.15, 0.2) is 61.0 Å². The van der Waals surface area contributed by atoms with Crippen molar-refractivity contribution >= 4 is 50.4 Å². The molecule has 0 N–H and O–H groups in total. The number of piperazine rings is 1. The van der Waals surface area contributed by atoms with Gasteiger partial charge in [-0.25, -0.2) is 8.42 Å². The third kappa shape index (κ3) is 6.45. The summed E-state index contributed by atoms with van der Waals surface area (Å²) in [4.78, 5) is 30.7. The molecule has 1 aliphatic heterocycles. The van der Waals surface area contributed by atoms with E-state index in [4.69, 9.17) is 20.8 Å². The van der Waals surface area contributed by atoms with Crippen molar-refractivity contribution in [3.8, 4) is 5.75 Å². The number of carbonyl (C=O) groups excluding carboxylic acids is 1. The first kappa shape index (κ1) is 28.7. The van der Waals surface area contributed by atoms with E-state index in [0.29, 0.717) is 38.5 Å². The lowest BCUT2D eigenvalue weighted by Gasteiger charge is -2.34. The van der Waals surface area contributed by atoms with Crippen molar-refractivity contribution in [3.05, 3.63) is 73.4 Å². The van der Waals surface area contributed by atoms with Crippen LogP contribution in [0.25, 0.3) is 0 Å². The predicted molar refractivity (Wildman–Crippen MR) is 150 cm³/mol. The standard InChI is InChI=1S/C26H29ClN2O6S3/c1-17(2)38(32,33)23-16-37-25(24(23)27)26(31)29-10-8-28(9-11-29)13-19-12-21(30)22(15-34-19)35-14-18-4-6-20(36-3)7-5-18/h4-7,12,15-17H,8-11,13-14H2,1-3H3. The summed E-state index contributed by atoms with van der Waals surface area (Å²) in [6.07, 6.45) is 3.35. The minimum atomic E-state index is -3.57. The van der Waals surface area contributed by atoms with Crippen molar-refractivity contribution in [3.63, 3.8) is 0 Å². The normalized spacial score (nSPS) is 14.7. The summed E-state index contributed by atoms with van der Waals surface area (Å²) in [6.45, 7) is 5.88. The Kier molecular flexibility index (Phi) is 9.25. The maximum absolute atomic E-state index is 13.0. The molecule has 0 saturated carbocycles. The van der Waals surface area contributed by atoms with Gasteiger partial charge in [0.05, 0.1) is 21.7 Å². The third-order valence-corrected chi connectivity index (χ3v) is 10.9. The molecule has 1 aliphatic rings. The lowest BCUT2D eigenvalue weighted by atomic mass is 10.2. The number of amides is 1. The highest BCUT2D eigenvalue weighted by atomic mass is 35.5. The number of benzene rings is 1. The van der Waals surface area contributed by atoms with Crippen LogP contribution in [0, 0.1) is 0 Å². The van der Waals surface area contributed by atoms with E-state index < -0.39 is 15.1 Å². The van der Waals surface area contributed by atoms with Crippen LogP contribution >= 0.6 is 34.7 Å². The average molecular weight is 597 g/mol. The van der Waals surface area contributed by atoms with Gasteiger partial charge in [0.25, 0.3) is 5.91 Å². The second kappa shape index (κ2) is 12.3. The summed E-state index contributed by atoms with van der Waals surface area (Å²) in [5.74, 6) is 0.391. The Morgan fingerprint density at radius 1 is 1.18 bits per heavy atom. The highest BCUT2D eigenvalue weighted by Gasteiger charge is 2.30. The molecular weight excluding hydrogens is 568 g/mol. The highest BCUT2D eigenvalue weighted by Crippen LogP contribution is 2.34. The third-order valence-electron chi connectivity index (χ3n) is 6.27. The molecule has 1 aromatic carbocycles. The van der Waals surface area contributed by atoms with Crippen LogP contribution in [0.3, 0.4) is 0 Å². The lowest BCUT2D eigenvalue weighted by molar-refractivity contribution is 0.0624. The fraction of sp³-hybridized carbons (Fsp3) is 0.385. The molecule has 0 unspecified atom stereocenters. The summed E-state index contributed by atoms with van der Waals surface area (Å²) in [5.41, 5.74) is 0.709. The highest BCUT2D eigenvalue weighted by molar-refractivity contribution is 7.98. The summed E-state index contributed by atoms with van der Waals surface area (Å²) < 4.78 is 36.3. The zero-order valence-electron chi connectivity index (χ0n) is 21.3. The second-order valence-corrected chi connectivity index (χ2v) is 13.7. The van der Waals surface area contributed by atoms with Crippen molar-refractivity contribution < 1.29 is 22.4 Å². The average Bonchev–Trinajstić information content (AvgIpc) is 3.30. The van der Waals surface area contributed by atoms with E-state index in [1.54, 1.807) is 30.5 Å². The predicted octanol–water partition coefficient (Wildman–Crippen LogP) is 4.80. The Balaban J connectivity index is 1.31. The van der Waals surface area contributed by atoms with E-state index in [2.05, 4.69) is 4.90 Å². The first-order valence-corrected chi connectivity index (χ1v) is 16.0. The van der Waals surface area contributed by atoms with Gasteiger partial charge in [0, 0.05) is 42.5 Å². The maximum Gasteiger partial charge on any atom is 0.265 e. The van der Waals surface area contributed by atoms with Crippen LogP contribution in [-0.2, 0) is 23.0 Å². The summed E-state index contributed by atoms with van der Waals surface area (Å²) in [5, 5.41) is 0.814. The Morgan fingerprint density at radius 3 is 2.47 bits per heavy atom. The van der Waals surface area contributed by atoms with Crippen molar-refractivity contribution in [1.82, 2.24) is 9.80 Å². The van der Waals surface area contributed by atoms with Gasteiger partial charge in [-0.1, -0.05) is 23.7 Å². The first-order valence-electron chi connectivity index (χ1n) is 12.0. The Morgan fingerprint density at radius 2 is 1.87 bits per heavy atom. The number of sulfone groups is 1. The van der Waals surface area contributed by atoms with Crippen LogP contribution in [0.2, 0.25) is 5.02 Å². The lowest BCUT2D eigenvalue weighted by Crippen LogP contribution is -2.48. The Bertz CT molecular complexity index is 1440. The van der Waals surface area contributed by atoms with Gasteiger partial charge in [-0.3, -0.25) is 14.5 Å². The van der Waals surface area contributed by atoms with E-state index in [0.717, 1.165) is 21.8 Å². The molecule has 0 atom stereocenters. The van der Waals surface area contributed by atoms with E-state index in [9.17, 15) is 18.0 Å². The van der Waals surface area contributed by atoms with E-state index >= 15 is 0 Å². The zero-order chi connectivity index (χ0) is 27.4. The maximum atomic E-state index is 13.0. The van der Waals surface area contributed by atoms with Gasteiger partial charge in [-0.05, 0) is 37.8 Å². The number of ether oxygens (including phenoxy) is 1. The number of hydrogen-bond acceptors (Lipinski definition) is 9. The molecule has 2 aromatic heterocycles. The summed E-state index contributed by atoms with van der Waals surface area (Å²) in [6, 6.07) is 9.37. The number of hydrogen-bond donors (Lipinski definition) is 0. The number of nitrogens with zero attached hydrogens (tertiary/aromatic N) is 2. The van der Waals surface area contributed by atoms with Crippen LogP contribution in [-0.4, -0.2) is 61.8 Å². The van der Waals surface area contributed by atoms with Crippen molar-refractivity contribution in [2.75, 3.05) is 32.4 Å². The molecular formula is C26H29ClN2O6S3. The number of thioether (sulfide) groups is 1. The smallest absolute Gasteiger partial charge is 0.265 e. The van der Waals surface area contributed by atoms with Crippen molar-refractivity contribution in [1.29, 1.82) is 0 Å². The van der Waals surface area contributed by atoms with Crippen LogP contribution in [0.5, 0.6) is 5.75 Å². The number of rotatable bonds is 9. The van der Waals surface area contributed by atoms with E-state index in [1.165, 1.54) is 17.7 Å². The van der Waals surface area contributed by atoms with Gasteiger partial charge in [-0.2, -0.15) is 0 Å². The minimum absolute atomic E-state index is 0.00260. The molecule has 38 heavy (non-hydrogen) atoms. The molecule has 4 rings (SSSR count). The molecule has 0 aliphatic carbocycles. The SMILES string of the molecule is CSc1ccc(COc2coc(CN3CCN(C(=O)c4scc(S(=O)(=O)C(C)C)c4Cl)CC3)cc2=O)cc1. The fourth-order valence-corrected chi connectivity index (χ4v) is 7.36. The molecule has 204 valence electrons. The molecule has 12 heteroatoms. The van der Waals surface area contributed by atoms with Crippen LogP contribution in [0.1, 0.15) is 34.8 Å². The van der Waals surface area contributed by atoms with Gasteiger partial charge < -0.3 is 14.1 Å². The Hall–Kier alpha value is -2.31. The molecule has 8 nitrogen and oxygen atoms in total. The van der Waals surface area contributed by atoms with Crippen LogP contribution in [0.4, 0.5) is 0 Å². The van der Waals surface area contributed by atoms with E-state index in [1.807, 2.05) is 30.5 Å². The molecule has 3 heterocycles. The molecule has 1 fully saturated rings. The molecule has 0 radical (unpaired) electrons. The monoisotopic (exact) mass is 596 g/mol. The largest absolute Gasteiger partial charge is 0.482 e. The summed E-state index contributed by atoms with van der Waals surface area (Å²) in [7, 11) is -3.57. The quantitative estimate of drug-likeness (QED) is 0.325. The van der Waals surface area contributed by atoms with Gasteiger partial charge in [0.2, 0.25) is 11.2 Å². The zero-order valence-corrected chi connectivity index (χ0v) is 24.5. The molecule has 0 bridgehead atoms. The first-order chi connectivity index (χ1) is 18.1. The molecule has 1 saturated heterocycles. The fourth-order valence-electron chi connectivity index (χ4n) is 3.90.